The van der Waals surface area contributed by atoms with Crippen molar-refractivity contribution in [3.63, 3.8) is 0 Å². The minimum absolute atomic E-state index is 0.223. The highest BCUT2D eigenvalue weighted by atomic mass is 16.5. The molecule has 2 rings (SSSR count). The summed E-state index contributed by atoms with van der Waals surface area (Å²) in [5, 5.41) is 0. The highest BCUT2D eigenvalue weighted by molar-refractivity contribution is 5.79. The van der Waals surface area contributed by atoms with Gasteiger partial charge in [0.15, 0.2) is 0 Å². The van der Waals surface area contributed by atoms with Crippen LogP contribution in [0.4, 0.5) is 0 Å². The molecule has 1 aromatic rings. The van der Waals surface area contributed by atoms with Gasteiger partial charge < -0.3 is 4.74 Å². The van der Waals surface area contributed by atoms with Crippen LogP contribution < -0.4 is 4.74 Å². The predicted octanol–water partition coefficient (Wildman–Crippen LogP) is 3.50. The van der Waals surface area contributed by atoms with E-state index in [0.29, 0.717) is 5.56 Å². The Bertz CT molecular complexity index is 510. The molecule has 1 aliphatic rings. The van der Waals surface area contributed by atoms with Crippen molar-refractivity contribution in [1.29, 1.82) is 0 Å². The average Bonchev–Trinajstić information content (AvgIpc) is 2.67. The van der Waals surface area contributed by atoms with Crippen molar-refractivity contribution in [3.05, 3.63) is 52.6 Å². The second kappa shape index (κ2) is 4.58. The van der Waals surface area contributed by atoms with E-state index < -0.39 is 0 Å². The molecule has 0 saturated carbocycles. The molecule has 1 unspecified atom stereocenters. The molecule has 17 heavy (non-hydrogen) atoms. The van der Waals surface area contributed by atoms with Gasteiger partial charge in [0.1, 0.15) is 12.0 Å². The number of methoxy groups -OCH3 is 1. The second-order valence-corrected chi connectivity index (χ2v) is 4.39. The molecule has 0 aliphatic heterocycles. The molecular weight excluding hydrogens is 212 g/mol. The highest BCUT2D eigenvalue weighted by Crippen LogP contribution is 2.35. The summed E-state index contributed by atoms with van der Waals surface area (Å²) in [6.07, 6.45) is 5.24. The van der Waals surface area contributed by atoms with E-state index >= 15 is 0 Å². The molecule has 1 aromatic carbocycles. The van der Waals surface area contributed by atoms with E-state index in [2.05, 4.69) is 26.0 Å². The number of allylic oxidation sites excluding steroid dienone is 4. The van der Waals surface area contributed by atoms with Crippen molar-refractivity contribution < 1.29 is 9.53 Å². The summed E-state index contributed by atoms with van der Waals surface area (Å²) in [6, 6.07) is 5.66. The zero-order valence-corrected chi connectivity index (χ0v) is 10.4. The van der Waals surface area contributed by atoms with E-state index in [4.69, 9.17) is 4.74 Å². The fraction of sp³-hybridized carbons (Fsp3) is 0.267. The monoisotopic (exact) mass is 228 g/mol. The third kappa shape index (κ3) is 2.16. The van der Waals surface area contributed by atoms with Gasteiger partial charge in [0.2, 0.25) is 0 Å². The largest absolute Gasteiger partial charge is 0.497 e. The molecule has 0 bridgehead atoms. The van der Waals surface area contributed by atoms with Gasteiger partial charge in [-0.1, -0.05) is 29.4 Å². The van der Waals surface area contributed by atoms with Crippen LogP contribution in [0.5, 0.6) is 5.75 Å². The van der Waals surface area contributed by atoms with E-state index in [-0.39, 0.29) is 5.92 Å². The zero-order valence-electron chi connectivity index (χ0n) is 10.4. The Hall–Kier alpha value is -1.83. The van der Waals surface area contributed by atoms with Crippen molar-refractivity contribution in [3.8, 4) is 5.75 Å². The Morgan fingerprint density at radius 2 is 2.06 bits per heavy atom. The van der Waals surface area contributed by atoms with E-state index in [0.717, 1.165) is 17.6 Å². The van der Waals surface area contributed by atoms with Crippen LogP contribution in [-0.2, 0) is 0 Å². The van der Waals surface area contributed by atoms with Crippen LogP contribution in [-0.4, -0.2) is 13.4 Å². The molecule has 0 aromatic heterocycles. The first-order valence-corrected chi connectivity index (χ1v) is 5.65. The number of carbonyl (C=O) groups excluding carboxylic acids is 1. The van der Waals surface area contributed by atoms with Crippen LogP contribution in [0, 0.1) is 0 Å². The van der Waals surface area contributed by atoms with Crippen LogP contribution >= 0.6 is 0 Å². The van der Waals surface area contributed by atoms with E-state index in [1.165, 1.54) is 11.1 Å². The summed E-state index contributed by atoms with van der Waals surface area (Å²) in [5.74, 6) is 0.942. The minimum Gasteiger partial charge on any atom is -0.497 e. The topological polar surface area (TPSA) is 26.3 Å². The summed E-state index contributed by atoms with van der Waals surface area (Å²) >= 11 is 0. The molecule has 0 amide bonds. The summed E-state index contributed by atoms with van der Waals surface area (Å²) in [4.78, 5) is 11.1. The van der Waals surface area contributed by atoms with Gasteiger partial charge in [0, 0.05) is 11.5 Å². The van der Waals surface area contributed by atoms with Crippen LogP contribution in [0.3, 0.4) is 0 Å². The molecule has 0 fully saturated rings. The van der Waals surface area contributed by atoms with Gasteiger partial charge in [0.05, 0.1) is 7.11 Å². The third-order valence-corrected chi connectivity index (χ3v) is 3.13. The standard InChI is InChI=1S/C15H16O2/c1-10-6-11(2)15(7-10)14-5-4-13(17-3)8-12(14)9-16/h4-9,15H,1-3H3. The number of ether oxygens (including phenoxy) is 1. The van der Waals surface area contributed by atoms with Crippen LogP contribution in [0.25, 0.3) is 0 Å². The first kappa shape index (κ1) is 11.6. The fourth-order valence-electron chi connectivity index (χ4n) is 2.29. The van der Waals surface area contributed by atoms with Crippen LogP contribution in [0.1, 0.15) is 35.7 Å². The Morgan fingerprint density at radius 3 is 2.59 bits per heavy atom. The molecule has 88 valence electrons. The maximum Gasteiger partial charge on any atom is 0.150 e. The van der Waals surface area contributed by atoms with E-state index in [9.17, 15) is 4.79 Å². The Balaban J connectivity index is 2.46. The lowest BCUT2D eigenvalue weighted by molar-refractivity contribution is 0.112. The lowest BCUT2D eigenvalue weighted by atomic mass is 9.91. The first-order chi connectivity index (χ1) is 8.15. The van der Waals surface area contributed by atoms with Crippen molar-refractivity contribution in [2.24, 2.45) is 0 Å². The Morgan fingerprint density at radius 1 is 1.29 bits per heavy atom. The van der Waals surface area contributed by atoms with Gasteiger partial charge in [-0.25, -0.2) is 0 Å². The summed E-state index contributed by atoms with van der Waals surface area (Å²) in [7, 11) is 1.61. The summed E-state index contributed by atoms with van der Waals surface area (Å²) in [5.41, 5.74) is 4.27. The number of rotatable bonds is 3. The van der Waals surface area contributed by atoms with Crippen molar-refractivity contribution in [1.82, 2.24) is 0 Å². The molecule has 0 N–H and O–H groups in total. The quantitative estimate of drug-likeness (QED) is 0.740. The molecule has 1 aliphatic carbocycles. The second-order valence-electron chi connectivity index (χ2n) is 4.39. The smallest absolute Gasteiger partial charge is 0.150 e. The van der Waals surface area contributed by atoms with E-state index in [1.54, 1.807) is 13.2 Å². The third-order valence-electron chi connectivity index (χ3n) is 3.13. The fourth-order valence-corrected chi connectivity index (χ4v) is 2.29. The van der Waals surface area contributed by atoms with Gasteiger partial charge in [0.25, 0.3) is 0 Å². The maximum atomic E-state index is 11.1. The number of benzene rings is 1. The first-order valence-electron chi connectivity index (χ1n) is 5.65. The molecule has 1 atom stereocenters. The van der Waals surface area contributed by atoms with E-state index in [1.807, 2.05) is 12.1 Å². The van der Waals surface area contributed by atoms with Crippen molar-refractivity contribution >= 4 is 6.29 Å². The van der Waals surface area contributed by atoms with Crippen LogP contribution in [0.2, 0.25) is 0 Å². The molecule has 2 nitrogen and oxygen atoms in total. The summed E-state index contributed by atoms with van der Waals surface area (Å²) in [6.45, 7) is 4.17. The van der Waals surface area contributed by atoms with Gasteiger partial charge in [-0.3, -0.25) is 4.79 Å². The molecule has 0 heterocycles. The summed E-state index contributed by atoms with van der Waals surface area (Å²) < 4.78 is 5.13. The van der Waals surface area contributed by atoms with Gasteiger partial charge in [-0.05, 0) is 31.5 Å². The van der Waals surface area contributed by atoms with Gasteiger partial charge in [-0.2, -0.15) is 0 Å². The highest BCUT2D eigenvalue weighted by Gasteiger charge is 2.19. The predicted molar refractivity (Wildman–Crippen MR) is 68.6 cm³/mol. The number of hydrogen-bond donors (Lipinski definition) is 0. The number of carbonyl (C=O) groups is 1. The lowest BCUT2D eigenvalue weighted by Gasteiger charge is -2.14. The van der Waals surface area contributed by atoms with Crippen molar-refractivity contribution in [2.45, 2.75) is 19.8 Å². The molecule has 0 saturated heterocycles. The zero-order chi connectivity index (χ0) is 12.4. The van der Waals surface area contributed by atoms with Crippen molar-refractivity contribution in [2.75, 3.05) is 7.11 Å². The molecule has 0 spiro atoms. The Labute approximate surface area is 102 Å². The maximum absolute atomic E-state index is 11.1. The number of hydrogen-bond acceptors (Lipinski definition) is 2. The van der Waals surface area contributed by atoms with Gasteiger partial charge in [-0.15, -0.1) is 0 Å². The molecule has 0 radical (unpaired) electrons. The number of aldehydes is 1. The lowest BCUT2D eigenvalue weighted by Crippen LogP contribution is -2.00. The SMILES string of the molecule is COc1ccc(C2C=C(C)C=C2C)c(C=O)c1. The normalized spacial score (nSPS) is 18.6. The molecule has 2 heteroatoms. The molecular formula is C15H16O2. The average molecular weight is 228 g/mol. The Kier molecular flexibility index (Phi) is 3.14. The van der Waals surface area contributed by atoms with Gasteiger partial charge >= 0.3 is 0 Å². The minimum atomic E-state index is 0.223. The van der Waals surface area contributed by atoms with Crippen LogP contribution in [0.15, 0.2) is 41.5 Å².